The maximum absolute atomic E-state index is 11.3. The van der Waals surface area contributed by atoms with Gasteiger partial charge in [0.2, 0.25) is 0 Å². The molecule has 0 aliphatic carbocycles. The molecule has 3 nitrogen and oxygen atoms in total. The van der Waals surface area contributed by atoms with E-state index >= 15 is 0 Å². The molecule has 0 aliphatic heterocycles. The lowest BCUT2D eigenvalue weighted by Crippen LogP contribution is -2.32. The van der Waals surface area contributed by atoms with Crippen molar-refractivity contribution in [3.8, 4) is 0 Å². The summed E-state index contributed by atoms with van der Waals surface area (Å²) in [7, 11) is 0. The molecule has 0 bridgehead atoms. The van der Waals surface area contributed by atoms with Gasteiger partial charge < -0.3 is 5.11 Å². The molecule has 0 saturated carbocycles. The van der Waals surface area contributed by atoms with Crippen LogP contribution in [0, 0.1) is 12.3 Å². The average molecular weight is 227 g/mol. The minimum Gasteiger partial charge on any atom is -0.481 e. The Morgan fingerprint density at radius 2 is 2.13 bits per heavy atom. The first-order valence-corrected chi connectivity index (χ1v) is 6.06. The van der Waals surface area contributed by atoms with Crippen molar-refractivity contribution in [3.63, 3.8) is 0 Å². The third kappa shape index (κ3) is 2.56. The molecule has 1 heterocycles. The molecule has 0 saturated heterocycles. The van der Waals surface area contributed by atoms with E-state index in [1.54, 1.807) is 11.3 Å². The molecule has 0 atom stereocenters. The van der Waals surface area contributed by atoms with Crippen LogP contribution < -0.4 is 0 Å². The lowest BCUT2D eigenvalue weighted by molar-refractivity contribution is -0.149. The Balaban J connectivity index is 2.88. The van der Waals surface area contributed by atoms with Crippen LogP contribution in [0.1, 0.15) is 37.4 Å². The van der Waals surface area contributed by atoms with E-state index in [-0.39, 0.29) is 0 Å². The third-order valence-corrected chi connectivity index (χ3v) is 3.82. The maximum Gasteiger partial charge on any atom is 0.310 e. The summed E-state index contributed by atoms with van der Waals surface area (Å²) in [6.45, 7) is 5.79. The number of thiazole rings is 1. The second-order valence-electron chi connectivity index (χ2n) is 3.83. The maximum atomic E-state index is 11.3. The second-order valence-corrected chi connectivity index (χ2v) is 4.89. The average Bonchev–Trinajstić information content (AvgIpc) is 2.60. The van der Waals surface area contributed by atoms with Crippen molar-refractivity contribution in [1.82, 2.24) is 4.98 Å². The van der Waals surface area contributed by atoms with Gasteiger partial charge >= 0.3 is 5.97 Å². The summed E-state index contributed by atoms with van der Waals surface area (Å²) in [5.74, 6) is -0.710. The van der Waals surface area contributed by atoms with Gasteiger partial charge in [0.15, 0.2) is 0 Å². The van der Waals surface area contributed by atoms with Crippen LogP contribution in [-0.2, 0) is 11.2 Å². The van der Waals surface area contributed by atoms with Gasteiger partial charge in [-0.1, -0.05) is 13.8 Å². The molecule has 1 aromatic rings. The number of carbonyl (C=O) groups is 1. The number of carboxylic acid groups (broad SMARTS) is 1. The smallest absolute Gasteiger partial charge is 0.310 e. The molecule has 1 N–H and O–H groups in total. The first-order valence-electron chi connectivity index (χ1n) is 5.18. The number of carboxylic acids is 1. The quantitative estimate of drug-likeness (QED) is 0.841. The Morgan fingerprint density at radius 3 is 2.47 bits per heavy atom. The van der Waals surface area contributed by atoms with E-state index in [2.05, 4.69) is 4.98 Å². The van der Waals surface area contributed by atoms with Crippen molar-refractivity contribution >= 4 is 17.3 Å². The summed E-state index contributed by atoms with van der Waals surface area (Å²) in [5.41, 5.74) is 0.268. The standard InChI is InChI=1S/C11H17NO2S/c1-4-11(5-2,10(13)14)6-9-7-15-8(3)12-9/h7H,4-6H2,1-3H3,(H,13,14). The summed E-state index contributed by atoms with van der Waals surface area (Å²) in [6, 6.07) is 0. The summed E-state index contributed by atoms with van der Waals surface area (Å²) < 4.78 is 0. The number of nitrogens with zero attached hydrogens (tertiary/aromatic N) is 1. The van der Waals surface area contributed by atoms with E-state index in [1.807, 2.05) is 26.2 Å². The van der Waals surface area contributed by atoms with Gasteiger partial charge in [0, 0.05) is 11.8 Å². The Morgan fingerprint density at radius 1 is 1.53 bits per heavy atom. The van der Waals surface area contributed by atoms with E-state index in [0.29, 0.717) is 19.3 Å². The fourth-order valence-corrected chi connectivity index (χ4v) is 2.33. The van der Waals surface area contributed by atoms with E-state index in [4.69, 9.17) is 0 Å². The van der Waals surface area contributed by atoms with Gasteiger partial charge in [-0.3, -0.25) is 4.79 Å². The highest BCUT2D eigenvalue weighted by molar-refractivity contribution is 7.09. The molecule has 0 spiro atoms. The normalized spacial score (nSPS) is 11.7. The van der Waals surface area contributed by atoms with Crippen molar-refractivity contribution < 1.29 is 9.90 Å². The van der Waals surface area contributed by atoms with E-state index in [9.17, 15) is 9.90 Å². The van der Waals surface area contributed by atoms with Crippen LogP contribution in [0.2, 0.25) is 0 Å². The predicted molar refractivity (Wildman–Crippen MR) is 61.2 cm³/mol. The van der Waals surface area contributed by atoms with Crippen molar-refractivity contribution in [2.75, 3.05) is 0 Å². The summed E-state index contributed by atoms with van der Waals surface area (Å²) >= 11 is 1.57. The third-order valence-electron chi connectivity index (χ3n) is 2.99. The van der Waals surface area contributed by atoms with Crippen molar-refractivity contribution in [3.05, 3.63) is 16.1 Å². The van der Waals surface area contributed by atoms with Gasteiger partial charge in [-0.05, 0) is 19.8 Å². The number of hydrogen-bond acceptors (Lipinski definition) is 3. The zero-order valence-corrected chi connectivity index (χ0v) is 10.2. The summed E-state index contributed by atoms with van der Waals surface area (Å²) in [5, 5.41) is 12.2. The molecule has 0 unspecified atom stereocenters. The number of hydrogen-bond donors (Lipinski definition) is 1. The first-order chi connectivity index (χ1) is 7.04. The van der Waals surface area contributed by atoms with Crippen LogP contribution >= 0.6 is 11.3 Å². The van der Waals surface area contributed by atoms with Gasteiger partial charge in [-0.25, -0.2) is 4.98 Å². The molecular formula is C11H17NO2S. The molecule has 0 fully saturated rings. The van der Waals surface area contributed by atoms with E-state index in [1.165, 1.54) is 0 Å². The Hall–Kier alpha value is -0.900. The summed E-state index contributed by atoms with van der Waals surface area (Å²) in [6.07, 6.45) is 1.84. The van der Waals surface area contributed by atoms with Gasteiger partial charge in [0.05, 0.1) is 16.1 Å². The van der Waals surface area contributed by atoms with Crippen molar-refractivity contribution in [1.29, 1.82) is 0 Å². The zero-order valence-electron chi connectivity index (χ0n) is 9.41. The monoisotopic (exact) mass is 227 g/mol. The van der Waals surface area contributed by atoms with Gasteiger partial charge in [0.1, 0.15) is 0 Å². The molecule has 0 aliphatic rings. The minimum atomic E-state index is -0.710. The topological polar surface area (TPSA) is 50.2 Å². The molecule has 0 radical (unpaired) electrons. The van der Waals surface area contributed by atoms with Crippen LogP contribution in [0.25, 0.3) is 0 Å². The highest BCUT2D eigenvalue weighted by Crippen LogP contribution is 2.31. The molecule has 1 rings (SSSR count). The molecule has 0 aromatic carbocycles. The number of aryl methyl sites for hydroxylation is 1. The van der Waals surface area contributed by atoms with Crippen LogP contribution in [-0.4, -0.2) is 16.1 Å². The fourth-order valence-electron chi connectivity index (χ4n) is 1.71. The molecule has 0 amide bonds. The second kappa shape index (κ2) is 4.75. The molecule has 4 heteroatoms. The number of aliphatic carboxylic acids is 1. The van der Waals surface area contributed by atoms with Gasteiger partial charge in [0.25, 0.3) is 0 Å². The molecule has 84 valence electrons. The SMILES string of the molecule is CCC(CC)(Cc1csc(C)n1)C(=O)O. The first kappa shape index (κ1) is 12.2. The van der Waals surface area contributed by atoms with Crippen LogP contribution in [0.15, 0.2) is 5.38 Å². The highest BCUT2D eigenvalue weighted by Gasteiger charge is 2.35. The van der Waals surface area contributed by atoms with E-state index < -0.39 is 11.4 Å². The van der Waals surface area contributed by atoms with E-state index in [0.717, 1.165) is 10.7 Å². The molecule has 15 heavy (non-hydrogen) atoms. The number of rotatable bonds is 5. The predicted octanol–water partition coefficient (Wildman–Crippen LogP) is 2.89. The minimum absolute atomic E-state index is 0.541. The van der Waals surface area contributed by atoms with Crippen molar-refractivity contribution in [2.24, 2.45) is 5.41 Å². The largest absolute Gasteiger partial charge is 0.481 e. The van der Waals surface area contributed by atoms with Gasteiger partial charge in [-0.2, -0.15) is 0 Å². The van der Waals surface area contributed by atoms with Crippen LogP contribution in [0.4, 0.5) is 0 Å². The highest BCUT2D eigenvalue weighted by atomic mass is 32.1. The Labute approximate surface area is 94.2 Å². The Kier molecular flexibility index (Phi) is 3.85. The van der Waals surface area contributed by atoms with Gasteiger partial charge in [-0.15, -0.1) is 11.3 Å². The molecular weight excluding hydrogens is 210 g/mol. The Bertz CT molecular complexity index is 342. The van der Waals surface area contributed by atoms with Crippen LogP contribution in [0.5, 0.6) is 0 Å². The number of aromatic nitrogens is 1. The lowest BCUT2D eigenvalue weighted by Gasteiger charge is -2.25. The molecule has 1 aromatic heterocycles. The zero-order chi connectivity index (χ0) is 11.5. The van der Waals surface area contributed by atoms with Crippen LogP contribution in [0.3, 0.4) is 0 Å². The lowest BCUT2D eigenvalue weighted by atomic mass is 9.78. The van der Waals surface area contributed by atoms with Crippen molar-refractivity contribution in [2.45, 2.75) is 40.0 Å². The summed E-state index contributed by atoms with van der Waals surface area (Å²) in [4.78, 5) is 15.6. The fraction of sp³-hybridized carbons (Fsp3) is 0.636.